The van der Waals surface area contributed by atoms with E-state index in [0.29, 0.717) is 19.3 Å². The van der Waals surface area contributed by atoms with Crippen LogP contribution >= 0.6 is 0 Å². The highest BCUT2D eigenvalue weighted by Gasteiger charge is 2.29. The van der Waals surface area contributed by atoms with Gasteiger partial charge in [0.25, 0.3) is 0 Å². The van der Waals surface area contributed by atoms with Crippen molar-refractivity contribution in [3.63, 3.8) is 0 Å². The van der Waals surface area contributed by atoms with E-state index in [9.17, 15) is 9.59 Å². The molecule has 1 aliphatic rings. The van der Waals surface area contributed by atoms with Crippen LogP contribution in [0.1, 0.15) is 25.7 Å². The molecule has 0 aromatic carbocycles. The second-order valence-corrected chi connectivity index (χ2v) is 3.19. The lowest BCUT2D eigenvalue weighted by Gasteiger charge is -2.22. The highest BCUT2D eigenvalue weighted by atomic mass is 16.4. The molecule has 68 valence electrons. The van der Waals surface area contributed by atoms with E-state index in [0.717, 1.165) is 6.42 Å². The maximum absolute atomic E-state index is 10.9. The van der Waals surface area contributed by atoms with Crippen LogP contribution in [-0.4, -0.2) is 28.1 Å². The Bertz CT molecular complexity index is 199. The summed E-state index contributed by atoms with van der Waals surface area (Å²) in [6.45, 7) is 0. The van der Waals surface area contributed by atoms with Crippen LogP contribution in [0.25, 0.3) is 0 Å². The average Bonchev–Trinajstić information content (AvgIpc) is 2.03. The molecule has 0 radical (unpaired) electrons. The molecular weight excluding hydrogens is 160 g/mol. The smallest absolute Gasteiger partial charge is 0.372 e. The third-order valence-corrected chi connectivity index (χ3v) is 2.23. The van der Waals surface area contributed by atoms with E-state index in [-0.39, 0.29) is 0 Å². The van der Waals surface area contributed by atoms with Crippen LogP contribution in [0, 0.1) is 5.92 Å². The number of ketones is 1. The van der Waals surface area contributed by atoms with Crippen LogP contribution in [0.5, 0.6) is 0 Å². The molecule has 1 fully saturated rings. The lowest BCUT2D eigenvalue weighted by molar-refractivity contribution is -0.152. The molecule has 12 heavy (non-hydrogen) atoms. The van der Waals surface area contributed by atoms with Crippen LogP contribution in [0.3, 0.4) is 0 Å². The largest absolute Gasteiger partial charge is 0.475 e. The van der Waals surface area contributed by atoms with Crippen LogP contribution in [0.2, 0.25) is 0 Å². The van der Waals surface area contributed by atoms with E-state index in [1.165, 1.54) is 0 Å². The number of hydrogen-bond acceptors (Lipinski definition) is 3. The fourth-order valence-electron chi connectivity index (χ4n) is 1.58. The number of hydrogen-bond donors (Lipinski definition) is 2. The summed E-state index contributed by atoms with van der Waals surface area (Å²) in [4.78, 5) is 21.2. The normalized spacial score (nSPS) is 29.8. The number of carboxylic acid groups (broad SMARTS) is 1. The molecule has 0 spiro atoms. The summed E-state index contributed by atoms with van der Waals surface area (Å²) in [5.74, 6) is -2.60. The first-order chi connectivity index (χ1) is 5.61. The molecule has 4 heteroatoms. The van der Waals surface area contributed by atoms with Gasteiger partial charge in [-0.2, -0.15) is 0 Å². The quantitative estimate of drug-likeness (QED) is 0.583. The molecule has 0 amide bonds. The number of rotatable bonds is 2. The Morgan fingerprint density at radius 3 is 2.42 bits per heavy atom. The first kappa shape index (κ1) is 9.19. The summed E-state index contributed by atoms with van der Waals surface area (Å²) < 4.78 is 0. The third-order valence-electron chi connectivity index (χ3n) is 2.23. The minimum atomic E-state index is -1.38. The van der Waals surface area contributed by atoms with Crippen molar-refractivity contribution < 1.29 is 19.8 Å². The molecule has 4 nitrogen and oxygen atoms in total. The summed E-state index contributed by atoms with van der Waals surface area (Å²) >= 11 is 0. The van der Waals surface area contributed by atoms with E-state index in [1.54, 1.807) is 0 Å². The van der Waals surface area contributed by atoms with E-state index < -0.39 is 23.8 Å². The standard InChI is InChI=1S/C8H12O4/c9-6-3-1-2-5(4-6)7(10)8(11)12/h5-6,9H,1-4H2,(H,11,12)/t5-,6-/m0/s1. The summed E-state index contributed by atoms with van der Waals surface area (Å²) in [6.07, 6.45) is 1.84. The summed E-state index contributed by atoms with van der Waals surface area (Å²) in [5, 5.41) is 17.6. The fourth-order valence-corrected chi connectivity index (χ4v) is 1.58. The van der Waals surface area contributed by atoms with Crippen molar-refractivity contribution in [3.8, 4) is 0 Å². The van der Waals surface area contributed by atoms with Gasteiger partial charge in [0, 0.05) is 5.92 Å². The number of carbonyl (C=O) groups is 2. The molecule has 0 bridgehead atoms. The maximum Gasteiger partial charge on any atom is 0.372 e. The van der Waals surface area contributed by atoms with Gasteiger partial charge in [0.1, 0.15) is 0 Å². The molecule has 0 aromatic rings. The van der Waals surface area contributed by atoms with Crippen molar-refractivity contribution in [2.75, 3.05) is 0 Å². The Balaban J connectivity index is 2.51. The van der Waals surface area contributed by atoms with Gasteiger partial charge in [-0.1, -0.05) is 6.42 Å². The SMILES string of the molecule is O=C(O)C(=O)[C@H]1CCC[C@H](O)C1. The van der Waals surface area contributed by atoms with Crippen LogP contribution in [0.15, 0.2) is 0 Å². The van der Waals surface area contributed by atoms with Crippen molar-refractivity contribution in [2.45, 2.75) is 31.8 Å². The first-order valence-electron chi connectivity index (χ1n) is 4.06. The van der Waals surface area contributed by atoms with Gasteiger partial charge in [-0.3, -0.25) is 4.79 Å². The van der Waals surface area contributed by atoms with Gasteiger partial charge in [0.15, 0.2) is 0 Å². The Morgan fingerprint density at radius 2 is 1.92 bits per heavy atom. The molecule has 1 rings (SSSR count). The lowest BCUT2D eigenvalue weighted by atomic mass is 9.84. The molecular formula is C8H12O4. The maximum atomic E-state index is 10.9. The second-order valence-electron chi connectivity index (χ2n) is 3.19. The molecule has 2 N–H and O–H groups in total. The fraction of sp³-hybridized carbons (Fsp3) is 0.750. The van der Waals surface area contributed by atoms with E-state index in [2.05, 4.69) is 0 Å². The minimum Gasteiger partial charge on any atom is -0.475 e. The Labute approximate surface area is 70.2 Å². The number of aliphatic hydroxyl groups is 1. The van der Waals surface area contributed by atoms with Crippen molar-refractivity contribution in [1.29, 1.82) is 0 Å². The number of carboxylic acids is 1. The van der Waals surface area contributed by atoms with Gasteiger partial charge in [-0.25, -0.2) is 4.79 Å². The molecule has 0 aliphatic heterocycles. The lowest BCUT2D eigenvalue weighted by Crippen LogP contribution is -2.30. The van der Waals surface area contributed by atoms with Crippen LogP contribution in [0.4, 0.5) is 0 Å². The number of Topliss-reactive ketones (excluding diaryl/α,β-unsaturated/α-hetero) is 1. The zero-order valence-electron chi connectivity index (χ0n) is 6.69. The molecule has 0 heterocycles. The monoisotopic (exact) mass is 172 g/mol. The molecule has 1 saturated carbocycles. The van der Waals surface area contributed by atoms with Crippen molar-refractivity contribution in [3.05, 3.63) is 0 Å². The summed E-state index contributed by atoms with van der Waals surface area (Å²) in [5.41, 5.74) is 0. The molecule has 0 saturated heterocycles. The zero-order chi connectivity index (χ0) is 9.14. The topological polar surface area (TPSA) is 74.6 Å². The Morgan fingerprint density at radius 1 is 1.25 bits per heavy atom. The van der Waals surface area contributed by atoms with Crippen molar-refractivity contribution in [2.24, 2.45) is 5.92 Å². The van der Waals surface area contributed by atoms with Gasteiger partial charge < -0.3 is 10.2 Å². The van der Waals surface area contributed by atoms with Gasteiger partial charge in [-0.05, 0) is 19.3 Å². The van der Waals surface area contributed by atoms with Gasteiger partial charge in [0.2, 0.25) is 5.78 Å². The van der Waals surface area contributed by atoms with Crippen molar-refractivity contribution >= 4 is 11.8 Å². The first-order valence-corrected chi connectivity index (χ1v) is 4.06. The van der Waals surface area contributed by atoms with E-state index >= 15 is 0 Å². The minimum absolute atomic E-state index is 0.311. The third kappa shape index (κ3) is 2.04. The molecule has 1 aliphatic carbocycles. The van der Waals surface area contributed by atoms with E-state index in [4.69, 9.17) is 10.2 Å². The molecule has 0 aromatic heterocycles. The summed E-state index contributed by atoms with van der Waals surface area (Å²) in [7, 11) is 0. The summed E-state index contributed by atoms with van der Waals surface area (Å²) in [6, 6.07) is 0. The van der Waals surface area contributed by atoms with Gasteiger partial charge in [0.05, 0.1) is 6.10 Å². The predicted molar refractivity (Wildman–Crippen MR) is 40.6 cm³/mol. The average molecular weight is 172 g/mol. The van der Waals surface area contributed by atoms with Crippen LogP contribution < -0.4 is 0 Å². The molecule has 2 atom stereocenters. The van der Waals surface area contributed by atoms with Gasteiger partial charge >= 0.3 is 5.97 Å². The van der Waals surface area contributed by atoms with Gasteiger partial charge in [-0.15, -0.1) is 0 Å². The highest BCUT2D eigenvalue weighted by molar-refractivity contribution is 6.33. The second kappa shape index (κ2) is 3.67. The van der Waals surface area contributed by atoms with Crippen LogP contribution in [-0.2, 0) is 9.59 Å². The Kier molecular flexibility index (Phi) is 2.81. The zero-order valence-corrected chi connectivity index (χ0v) is 6.69. The Hall–Kier alpha value is -0.900. The number of carbonyl (C=O) groups excluding carboxylic acids is 1. The predicted octanol–water partition coefficient (Wildman–Crippen LogP) is 0.191. The number of aliphatic hydroxyl groups excluding tert-OH is 1. The van der Waals surface area contributed by atoms with Crippen molar-refractivity contribution in [1.82, 2.24) is 0 Å². The number of aliphatic carboxylic acids is 1. The highest BCUT2D eigenvalue weighted by Crippen LogP contribution is 2.24. The molecule has 0 unspecified atom stereocenters. The van der Waals surface area contributed by atoms with E-state index in [1.807, 2.05) is 0 Å².